The molecule has 4 rings (SSSR count). The van der Waals surface area contributed by atoms with Crippen molar-refractivity contribution in [2.75, 3.05) is 38.1 Å². The summed E-state index contributed by atoms with van der Waals surface area (Å²) in [7, 11) is 2.16. The van der Waals surface area contributed by atoms with Crippen LogP contribution in [0, 0.1) is 0 Å². The highest BCUT2D eigenvalue weighted by Crippen LogP contribution is 2.31. The Kier molecular flexibility index (Phi) is 7.95. The van der Waals surface area contributed by atoms with E-state index in [-0.39, 0.29) is 34.0 Å². The van der Waals surface area contributed by atoms with E-state index < -0.39 is 0 Å². The van der Waals surface area contributed by atoms with Crippen LogP contribution in [0.25, 0.3) is 22.4 Å². The molecule has 0 N–H and O–H groups in total. The average molecular weight is 492 g/mol. The maximum Gasteiger partial charge on any atom is 0.225 e. The molecule has 0 spiro atoms. The summed E-state index contributed by atoms with van der Waals surface area (Å²) in [4.78, 5) is 14.0. The van der Waals surface area contributed by atoms with Crippen molar-refractivity contribution < 1.29 is 0 Å². The predicted octanol–water partition coefficient (Wildman–Crippen LogP) is 4.72. The second kappa shape index (κ2) is 9.97. The van der Waals surface area contributed by atoms with E-state index in [4.69, 9.17) is 4.98 Å². The van der Waals surface area contributed by atoms with Gasteiger partial charge in [-0.1, -0.05) is 54.6 Å². The van der Waals surface area contributed by atoms with Crippen molar-refractivity contribution >= 4 is 39.9 Å². The minimum absolute atomic E-state index is 0. The van der Waals surface area contributed by atoms with Crippen molar-refractivity contribution in [2.24, 2.45) is 0 Å². The first-order valence-electron chi connectivity index (χ1n) is 8.72. The number of aromatic nitrogens is 2. The van der Waals surface area contributed by atoms with E-state index in [0.717, 1.165) is 43.4 Å². The molecule has 6 heteroatoms. The number of benzene rings is 2. The van der Waals surface area contributed by atoms with Gasteiger partial charge in [0.15, 0.2) is 0 Å². The molecule has 0 unspecified atom stereocenters. The summed E-state index contributed by atoms with van der Waals surface area (Å²) in [5.74, 6) is 0.827. The quantitative estimate of drug-likeness (QED) is 0.530. The molecule has 1 aliphatic rings. The van der Waals surface area contributed by atoms with E-state index in [1.807, 2.05) is 18.3 Å². The molecule has 0 saturated carbocycles. The number of anilines is 1. The van der Waals surface area contributed by atoms with Crippen molar-refractivity contribution in [2.45, 2.75) is 0 Å². The minimum Gasteiger partial charge on any atom is -0.338 e. The van der Waals surface area contributed by atoms with E-state index in [1.165, 1.54) is 11.1 Å². The van der Waals surface area contributed by atoms with Crippen molar-refractivity contribution in [3.63, 3.8) is 0 Å². The van der Waals surface area contributed by atoms with Crippen LogP contribution >= 0.6 is 34.0 Å². The summed E-state index contributed by atoms with van der Waals surface area (Å²) >= 11 is 0. The molecule has 4 nitrogen and oxygen atoms in total. The van der Waals surface area contributed by atoms with Crippen LogP contribution in [0.15, 0.2) is 66.9 Å². The van der Waals surface area contributed by atoms with Gasteiger partial charge in [0, 0.05) is 37.9 Å². The lowest BCUT2D eigenvalue weighted by Gasteiger charge is -2.32. The summed E-state index contributed by atoms with van der Waals surface area (Å²) in [5.41, 5.74) is 4.53. The molecule has 0 aliphatic carbocycles. The highest BCUT2D eigenvalue weighted by molar-refractivity contribution is 8.93. The van der Waals surface area contributed by atoms with Crippen LogP contribution < -0.4 is 4.90 Å². The van der Waals surface area contributed by atoms with Crippen LogP contribution in [0.2, 0.25) is 0 Å². The second-order valence-corrected chi connectivity index (χ2v) is 6.44. The average Bonchev–Trinajstić information content (AvgIpc) is 2.69. The van der Waals surface area contributed by atoms with Crippen molar-refractivity contribution in [1.82, 2.24) is 14.9 Å². The van der Waals surface area contributed by atoms with Crippen molar-refractivity contribution in [1.29, 1.82) is 0 Å². The van der Waals surface area contributed by atoms with Gasteiger partial charge in [-0.3, -0.25) is 0 Å². The smallest absolute Gasteiger partial charge is 0.225 e. The fraction of sp³-hybridized carbons (Fsp3) is 0.238. The normalized spacial score (nSPS) is 14.2. The van der Waals surface area contributed by atoms with E-state index in [9.17, 15) is 0 Å². The minimum atomic E-state index is 0. The molecule has 0 bridgehead atoms. The first-order chi connectivity index (χ1) is 12.3. The molecule has 2 aromatic carbocycles. The highest BCUT2D eigenvalue weighted by atomic mass is 79.9. The van der Waals surface area contributed by atoms with Crippen LogP contribution in [0.5, 0.6) is 0 Å². The monoisotopic (exact) mass is 490 g/mol. The zero-order chi connectivity index (χ0) is 17.1. The van der Waals surface area contributed by atoms with Crippen LogP contribution in [0.3, 0.4) is 0 Å². The molecule has 0 radical (unpaired) electrons. The van der Waals surface area contributed by atoms with Crippen LogP contribution in [-0.2, 0) is 0 Å². The van der Waals surface area contributed by atoms with Gasteiger partial charge in [-0.05, 0) is 24.2 Å². The molecule has 3 aromatic rings. The Hall–Kier alpha value is -1.76. The first kappa shape index (κ1) is 21.5. The third kappa shape index (κ3) is 4.94. The maximum atomic E-state index is 4.87. The zero-order valence-corrected chi connectivity index (χ0v) is 18.7. The number of hydrogen-bond donors (Lipinski definition) is 0. The molecule has 2 heterocycles. The fourth-order valence-corrected chi connectivity index (χ4v) is 3.23. The summed E-state index contributed by atoms with van der Waals surface area (Å²) in [6.45, 7) is 4.04. The molecule has 1 aromatic heterocycles. The molecule has 0 atom stereocenters. The Bertz CT molecular complexity index is 850. The van der Waals surface area contributed by atoms with E-state index in [1.54, 1.807) is 0 Å². The van der Waals surface area contributed by atoms with E-state index in [0.29, 0.717) is 0 Å². The summed E-state index contributed by atoms with van der Waals surface area (Å²) < 4.78 is 0. The second-order valence-electron chi connectivity index (χ2n) is 6.44. The molecule has 142 valence electrons. The third-order valence-corrected chi connectivity index (χ3v) is 4.72. The van der Waals surface area contributed by atoms with Gasteiger partial charge >= 0.3 is 0 Å². The molecular weight excluding hydrogens is 468 g/mol. The lowest BCUT2D eigenvalue weighted by molar-refractivity contribution is 0.311. The highest BCUT2D eigenvalue weighted by Gasteiger charge is 2.17. The van der Waals surface area contributed by atoms with Gasteiger partial charge in [0.1, 0.15) is 0 Å². The number of rotatable bonds is 3. The third-order valence-electron chi connectivity index (χ3n) is 4.72. The first-order valence-corrected chi connectivity index (χ1v) is 8.72. The summed E-state index contributed by atoms with van der Waals surface area (Å²) in [5, 5.41) is 0. The summed E-state index contributed by atoms with van der Waals surface area (Å²) in [6.07, 6.45) is 1.87. The van der Waals surface area contributed by atoms with E-state index >= 15 is 0 Å². The molecule has 1 saturated heterocycles. The molecule has 27 heavy (non-hydrogen) atoms. The van der Waals surface area contributed by atoms with Gasteiger partial charge in [0.2, 0.25) is 5.95 Å². The standard InChI is InChI=1S/C21H22N4.2BrH/c1-24-13-15-25(16-14-24)21-22-12-11-20(23-21)19-10-6-5-9-18(19)17-7-3-2-4-8-17;;/h2-12H,13-16H2,1H3;2*1H. The molecule has 1 aliphatic heterocycles. The largest absolute Gasteiger partial charge is 0.338 e. The SMILES string of the molecule is Br.Br.CN1CCN(c2nccc(-c3ccccc3-c3ccccc3)n2)CC1. The van der Waals surface area contributed by atoms with Gasteiger partial charge < -0.3 is 9.80 Å². The maximum absolute atomic E-state index is 4.87. The van der Waals surface area contributed by atoms with Crippen LogP contribution in [0.1, 0.15) is 0 Å². The van der Waals surface area contributed by atoms with Gasteiger partial charge in [-0.25, -0.2) is 9.97 Å². The van der Waals surface area contributed by atoms with Gasteiger partial charge in [-0.15, -0.1) is 34.0 Å². The topological polar surface area (TPSA) is 32.3 Å². The Morgan fingerprint density at radius 3 is 2.07 bits per heavy atom. The van der Waals surface area contributed by atoms with Crippen LogP contribution in [0.4, 0.5) is 5.95 Å². The Morgan fingerprint density at radius 1 is 0.741 bits per heavy atom. The van der Waals surface area contributed by atoms with Crippen molar-refractivity contribution in [3.05, 3.63) is 66.9 Å². The van der Waals surface area contributed by atoms with Crippen LogP contribution in [-0.4, -0.2) is 48.1 Å². The Morgan fingerprint density at radius 2 is 1.37 bits per heavy atom. The Balaban J connectivity index is 0.00000131. The molecular formula is C21H24Br2N4. The molecule has 1 fully saturated rings. The lowest BCUT2D eigenvalue weighted by atomic mass is 9.98. The summed E-state index contributed by atoms with van der Waals surface area (Å²) in [6, 6.07) is 20.9. The fourth-order valence-electron chi connectivity index (χ4n) is 3.23. The van der Waals surface area contributed by atoms with Crippen molar-refractivity contribution in [3.8, 4) is 22.4 Å². The zero-order valence-electron chi connectivity index (χ0n) is 15.3. The number of piperazine rings is 1. The lowest BCUT2D eigenvalue weighted by Crippen LogP contribution is -2.45. The number of hydrogen-bond acceptors (Lipinski definition) is 4. The predicted molar refractivity (Wildman–Crippen MR) is 123 cm³/mol. The number of halogens is 2. The number of likely N-dealkylation sites (N-methyl/N-ethyl adjacent to an activating group) is 1. The van der Waals surface area contributed by atoms with Gasteiger partial charge in [0.25, 0.3) is 0 Å². The van der Waals surface area contributed by atoms with Gasteiger partial charge in [-0.2, -0.15) is 0 Å². The Labute approximate surface area is 181 Å². The van der Waals surface area contributed by atoms with Gasteiger partial charge in [0.05, 0.1) is 5.69 Å². The number of nitrogens with zero attached hydrogens (tertiary/aromatic N) is 4. The molecule has 0 amide bonds. The van der Waals surface area contributed by atoms with E-state index in [2.05, 4.69) is 70.4 Å².